The Morgan fingerprint density at radius 1 is 1.07 bits per heavy atom. The van der Waals surface area contributed by atoms with Crippen LogP contribution in [0.5, 0.6) is 0 Å². The molecule has 0 N–H and O–H groups in total. The highest BCUT2D eigenvalue weighted by Gasteiger charge is 2.37. The minimum Gasteiger partial charge on any atom is -0.353 e. The topological polar surface area (TPSA) is 75.3 Å². The maximum atomic E-state index is 13.1. The van der Waals surface area contributed by atoms with Gasteiger partial charge in [0, 0.05) is 44.1 Å². The van der Waals surface area contributed by atoms with Crippen LogP contribution in [0.25, 0.3) is 5.65 Å². The van der Waals surface area contributed by atoms with Gasteiger partial charge in [-0.2, -0.15) is 22.1 Å². The first-order chi connectivity index (χ1) is 13.0. The molecule has 144 valence electrons. The number of hydrogen-bond acceptors (Lipinski definition) is 8. The van der Waals surface area contributed by atoms with E-state index in [1.807, 2.05) is 11.8 Å². The summed E-state index contributed by atoms with van der Waals surface area (Å²) < 4.78 is 44.3. The number of rotatable bonds is 3. The summed E-state index contributed by atoms with van der Waals surface area (Å²) in [5, 5.41) is 11.8. The van der Waals surface area contributed by atoms with Gasteiger partial charge in [0.1, 0.15) is 11.6 Å². The van der Waals surface area contributed by atoms with Gasteiger partial charge in [0.2, 0.25) is 5.13 Å². The van der Waals surface area contributed by atoms with Crippen LogP contribution in [-0.4, -0.2) is 55.3 Å². The largest absolute Gasteiger partial charge is 0.453 e. The van der Waals surface area contributed by atoms with Crippen LogP contribution < -0.4 is 9.80 Å². The summed E-state index contributed by atoms with van der Waals surface area (Å²) in [4.78, 5) is 8.65. The van der Waals surface area contributed by atoms with Crippen molar-refractivity contribution in [3.63, 3.8) is 0 Å². The van der Waals surface area contributed by atoms with Crippen molar-refractivity contribution in [3.8, 4) is 0 Å². The highest BCUT2D eigenvalue weighted by Crippen LogP contribution is 2.28. The zero-order chi connectivity index (χ0) is 19.0. The second-order valence-electron chi connectivity index (χ2n) is 6.16. The fraction of sp³-hybridized carbons (Fsp3) is 0.533. The predicted molar refractivity (Wildman–Crippen MR) is 94.1 cm³/mol. The van der Waals surface area contributed by atoms with E-state index in [1.54, 1.807) is 6.07 Å². The number of anilines is 2. The molecule has 8 nitrogen and oxygen atoms in total. The second-order valence-corrected chi connectivity index (χ2v) is 6.89. The fourth-order valence-corrected chi connectivity index (χ4v) is 3.78. The van der Waals surface area contributed by atoms with Crippen LogP contribution in [-0.2, 0) is 12.6 Å². The highest BCUT2D eigenvalue weighted by atomic mass is 32.1. The van der Waals surface area contributed by atoms with Crippen LogP contribution in [0, 0.1) is 0 Å². The number of aromatic nitrogens is 6. The third kappa shape index (κ3) is 3.53. The summed E-state index contributed by atoms with van der Waals surface area (Å²) in [6.07, 6.45) is -2.97. The van der Waals surface area contributed by atoms with Gasteiger partial charge in [-0.05, 0) is 18.6 Å². The smallest absolute Gasteiger partial charge is 0.353 e. The minimum absolute atomic E-state index is 0.0727. The normalized spacial score (nSPS) is 16.1. The Morgan fingerprint density at radius 3 is 2.59 bits per heavy atom. The Bertz CT molecular complexity index is 937. The molecular weight excluding hydrogens is 381 g/mol. The molecule has 3 aromatic heterocycles. The molecule has 1 fully saturated rings. The van der Waals surface area contributed by atoms with Crippen molar-refractivity contribution in [1.82, 2.24) is 29.2 Å². The Morgan fingerprint density at radius 2 is 1.85 bits per heavy atom. The molecule has 0 aromatic carbocycles. The number of fused-ring (bicyclic) bond motifs is 1. The molecule has 1 aliphatic rings. The molecule has 3 aromatic rings. The van der Waals surface area contributed by atoms with Crippen LogP contribution in [0.4, 0.5) is 24.1 Å². The molecule has 0 atom stereocenters. The van der Waals surface area contributed by atoms with E-state index >= 15 is 0 Å². The predicted octanol–water partition coefficient (Wildman–Crippen LogP) is 2.27. The maximum Gasteiger partial charge on any atom is 0.453 e. The number of hydrogen-bond donors (Lipinski definition) is 0. The van der Waals surface area contributed by atoms with Gasteiger partial charge in [-0.15, -0.1) is 15.3 Å². The van der Waals surface area contributed by atoms with Gasteiger partial charge in [0.05, 0.1) is 0 Å². The molecule has 4 heterocycles. The Kier molecular flexibility index (Phi) is 4.58. The molecule has 0 amide bonds. The standard InChI is InChI=1S/C15H17F3N8S/c1-2-10-19-14(27-23-10)25-7-3-6-24(8-9-25)12-5-4-11-20-21-13(15(16,17)18)26(11)22-12/h4-5H,2-3,6-9H2,1H3. The molecular formula is C15H17F3N8S. The quantitative estimate of drug-likeness (QED) is 0.670. The molecule has 0 unspecified atom stereocenters. The van der Waals surface area contributed by atoms with Gasteiger partial charge >= 0.3 is 6.18 Å². The van der Waals surface area contributed by atoms with E-state index in [4.69, 9.17) is 0 Å². The van der Waals surface area contributed by atoms with E-state index in [1.165, 1.54) is 17.6 Å². The monoisotopic (exact) mass is 398 g/mol. The van der Waals surface area contributed by atoms with Crippen molar-refractivity contribution in [2.45, 2.75) is 25.9 Å². The third-order valence-corrected chi connectivity index (χ3v) is 5.18. The molecule has 1 saturated heterocycles. The van der Waals surface area contributed by atoms with Crippen molar-refractivity contribution in [2.75, 3.05) is 36.0 Å². The minimum atomic E-state index is -4.60. The van der Waals surface area contributed by atoms with Crippen molar-refractivity contribution in [2.24, 2.45) is 0 Å². The molecule has 0 aliphatic carbocycles. The van der Waals surface area contributed by atoms with Crippen molar-refractivity contribution in [1.29, 1.82) is 0 Å². The summed E-state index contributed by atoms with van der Waals surface area (Å²) in [7, 11) is 0. The lowest BCUT2D eigenvalue weighted by atomic mass is 10.3. The fourth-order valence-electron chi connectivity index (χ4n) is 2.98. The van der Waals surface area contributed by atoms with E-state index in [0.29, 0.717) is 25.5 Å². The molecule has 12 heteroatoms. The van der Waals surface area contributed by atoms with Gasteiger partial charge in [-0.3, -0.25) is 0 Å². The van der Waals surface area contributed by atoms with Crippen LogP contribution in [0.3, 0.4) is 0 Å². The number of alkyl halides is 3. The summed E-state index contributed by atoms with van der Waals surface area (Å²) in [5.74, 6) is 0.188. The first-order valence-electron chi connectivity index (χ1n) is 8.58. The zero-order valence-corrected chi connectivity index (χ0v) is 15.3. The van der Waals surface area contributed by atoms with Gasteiger partial charge in [0.25, 0.3) is 5.82 Å². The van der Waals surface area contributed by atoms with E-state index in [9.17, 15) is 13.2 Å². The Hall–Kier alpha value is -2.50. The molecule has 27 heavy (non-hydrogen) atoms. The summed E-state index contributed by atoms with van der Waals surface area (Å²) >= 11 is 1.38. The highest BCUT2D eigenvalue weighted by molar-refractivity contribution is 7.09. The molecule has 0 radical (unpaired) electrons. The van der Waals surface area contributed by atoms with Crippen LogP contribution in [0.2, 0.25) is 0 Å². The second kappa shape index (κ2) is 6.91. The van der Waals surface area contributed by atoms with E-state index in [2.05, 4.69) is 29.6 Å². The summed E-state index contributed by atoms with van der Waals surface area (Å²) in [5.41, 5.74) is 0.0727. The van der Waals surface area contributed by atoms with E-state index < -0.39 is 12.0 Å². The van der Waals surface area contributed by atoms with E-state index in [-0.39, 0.29) is 5.65 Å². The zero-order valence-electron chi connectivity index (χ0n) is 14.5. The third-order valence-electron chi connectivity index (χ3n) is 4.37. The Balaban J connectivity index is 1.55. The van der Waals surface area contributed by atoms with Crippen LogP contribution >= 0.6 is 11.5 Å². The molecule has 0 bridgehead atoms. The van der Waals surface area contributed by atoms with Crippen molar-refractivity contribution < 1.29 is 13.2 Å². The van der Waals surface area contributed by atoms with Gasteiger partial charge in [-0.25, -0.2) is 4.98 Å². The molecule has 4 rings (SSSR count). The maximum absolute atomic E-state index is 13.1. The van der Waals surface area contributed by atoms with Gasteiger partial charge in [0.15, 0.2) is 5.65 Å². The van der Waals surface area contributed by atoms with Crippen LogP contribution in [0.15, 0.2) is 12.1 Å². The SMILES string of the molecule is CCc1nsc(N2CCCN(c3ccc4nnc(C(F)(F)F)n4n3)CC2)n1. The first-order valence-corrected chi connectivity index (χ1v) is 9.35. The lowest BCUT2D eigenvalue weighted by Crippen LogP contribution is -2.31. The van der Waals surface area contributed by atoms with Crippen LogP contribution in [0.1, 0.15) is 25.0 Å². The average Bonchev–Trinajstić information content (AvgIpc) is 3.22. The van der Waals surface area contributed by atoms with Crippen molar-refractivity contribution in [3.05, 3.63) is 23.8 Å². The number of nitrogens with zero attached hydrogens (tertiary/aromatic N) is 8. The van der Waals surface area contributed by atoms with Gasteiger partial charge in [-0.1, -0.05) is 6.92 Å². The van der Waals surface area contributed by atoms with Crippen molar-refractivity contribution >= 4 is 28.1 Å². The Labute approximate surface area is 156 Å². The number of halogens is 3. The lowest BCUT2D eigenvalue weighted by Gasteiger charge is -2.22. The molecule has 0 saturated carbocycles. The molecule has 0 spiro atoms. The average molecular weight is 398 g/mol. The summed E-state index contributed by atoms with van der Waals surface area (Å²) in [6.45, 7) is 4.85. The lowest BCUT2D eigenvalue weighted by molar-refractivity contribution is -0.146. The van der Waals surface area contributed by atoms with Gasteiger partial charge < -0.3 is 9.80 Å². The first kappa shape index (κ1) is 17.9. The van der Waals surface area contributed by atoms with E-state index in [0.717, 1.165) is 34.9 Å². The molecule has 1 aliphatic heterocycles. The number of aryl methyl sites for hydroxylation is 1. The summed E-state index contributed by atoms with van der Waals surface area (Å²) in [6, 6.07) is 3.19.